The van der Waals surface area contributed by atoms with E-state index < -0.39 is 0 Å². The zero-order chi connectivity index (χ0) is 13.9. The summed E-state index contributed by atoms with van der Waals surface area (Å²) < 4.78 is 5.07. The van der Waals surface area contributed by atoms with Crippen molar-refractivity contribution in [1.29, 1.82) is 0 Å². The van der Waals surface area contributed by atoms with Gasteiger partial charge in [0.05, 0.1) is 12.6 Å². The number of amides is 2. The van der Waals surface area contributed by atoms with Gasteiger partial charge in [-0.15, -0.1) is 0 Å². The van der Waals surface area contributed by atoms with E-state index in [-0.39, 0.29) is 11.6 Å². The maximum Gasteiger partial charge on any atom is 0.319 e. The summed E-state index contributed by atoms with van der Waals surface area (Å²) in [4.78, 5) is 12.0. The zero-order valence-electron chi connectivity index (χ0n) is 11.4. The number of hydrogen-bond donors (Lipinski definition) is 3. The van der Waals surface area contributed by atoms with Gasteiger partial charge in [-0.05, 0) is 49.9 Å². The van der Waals surface area contributed by atoms with Gasteiger partial charge < -0.3 is 21.1 Å². The van der Waals surface area contributed by atoms with Gasteiger partial charge in [-0.25, -0.2) is 4.79 Å². The van der Waals surface area contributed by atoms with Crippen molar-refractivity contribution in [1.82, 2.24) is 5.32 Å². The Hall–Kier alpha value is -1.75. The molecule has 4 N–H and O–H groups in total. The molecule has 0 aliphatic heterocycles. The molecule has 19 heavy (non-hydrogen) atoms. The predicted molar refractivity (Wildman–Crippen MR) is 75.3 cm³/mol. The molecule has 0 heterocycles. The van der Waals surface area contributed by atoms with Crippen molar-refractivity contribution in [3.8, 4) is 5.75 Å². The molecule has 1 aromatic carbocycles. The molecule has 5 nitrogen and oxygen atoms in total. The van der Waals surface area contributed by atoms with Gasteiger partial charge in [-0.1, -0.05) is 0 Å². The third kappa shape index (κ3) is 3.38. The van der Waals surface area contributed by atoms with E-state index in [1.54, 1.807) is 31.4 Å². The van der Waals surface area contributed by atoms with Crippen LogP contribution in [0.2, 0.25) is 0 Å². The van der Waals surface area contributed by atoms with E-state index >= 15 is 0 Å². The molecule has 5 heteroatoms. The lowest BCUT2D eigenvalue weighted by atomic mass is 9.96. The van der Waals surface area contributed by atoms with Crippen LogP contribution in [0, 0.1) is 5.92 Å². The van der Waals surface area contributed by atoms with Crippen molar-refractivity contribution in [3.63, 3.8) is 0 Å². The van der Waals surface area contributed by atoms with Crippen molar-refractivity contribution < 1.29 is 9.53 Å². The van der Waals surface area contributed by atoms with Crippen LogP contribution in [0.5, 0.6) is 5.75 Å². The zero-order valence-corrected chi connectivity index (χ0v) is 11.4. The van der Waals surface area contributed by atoms with Gasteiger partial charge in [-0.2, -0.15) is 0 Å². The smallest absolute Gasteiger partial charge is 0.319 e. The monoisotopic (exact) mass is 263 g/mol. The van der Waals surface area contributed by atoms with Gasteiger partial charge in [0.2, 0.25) is 0 Å². The van der Waals surface area contributed by atoms with Crippen molar-refractivity contribution in [3.05, 3.63) is 24.3 Å². The Morgan fingerprint density at radius 2 is 2.05 bits per heavy atom. The molecule has 1 aromatic rings. The van der Waals surface area contributed by atoms with E-state index in [4.69, 9.17) is 10.5 Å². The lowest BCUT2D eigenvalue weighted by Gasteiger charge is -2.29. The molecule has 1 fully saturated rings. The Kier molecular flexibility index (Phi) is 3.95. The van der Waals surface area contributed by atoms with E-state index in [1.165, 1.54) is 0 Å². The highest BCUT2D eigenvalue weighted by molar-refractivity contribution is 5.89. The van der Waals surface area contributed by atoms with Crippen LogP contribution in [0.3, 0.4) is 0 Å². The van der Waals surface area contributed by atoms with E-state index in [9.17, 15) is 4.79 Å². The Balaban J connectivity index is 1.92. The largest absolute Gasteiger partial charge is 0.497 e. The minimum absolute atomic E-state index is 0.218. The average Bonchev–Trinajstić information content (AvgIpc) is 3.24. The molecule has 1 atom stereocenters. The first-order valence-electron chi connectivity index (χ1n) is 6.50. The van der Waals surface area contributed by atoms with E-state index in [0.717, 1.165) is 24.3 Å². The quantitative estimate of drug-likeness (QED) is 0.760. The normalized spacial score (nSPS) is 17.4. The number of methoxy groups -OCH3 is 1. The second-order valence-corrected chi connectivity index (χ2v) is 5.20. The van der Waals surface area contributed by atoms with E-state index in [0.29, 0.717) is 12.5 Å². The van der Waals surface area contributed by atoms with Crippen molar-refractivity contribution in [2.24, 2.45) is 11.7 Å². The lowest BCUT2D eigenvalue weighted by Crippen LogP contribution is -2.54. The molecular formula is C14H21N3O2. The van der Waals surface area contributed by atoms with Crippen LogP contribution in [-0.2, 0) is 0 Å². The maximum atomic E-state index is 12.0. The molecule has 2 rings (SSSR count). The Bertz CT molecular complexity index is 443. The summed E-state index contributed by atoms with van der Waals surface area (Å²) in [6.07, 6.45) is 2.27. The van der Waals surface area contributed by atoms with Crippen LogP contribution in [0.25, 0.3) is 0 Å². The van der Waals surface area contributed by atoms with Gasteiger partial charge in [0.25, 0.3) is 0 Å². The topological polar surface area (TPSA) is 76.4 Å². The molecule has 0 bridgehead atoms. The Labute approximate surface area is 113 Å². The number of nitrogens with one attached hydrogen (secondary N) is 2. The molecule has 1 aliphatic rings. The summed E-state index contributed by atoms with van der Waals surface area (Å²) in [6.45, 7) is 2.45. The fourth-order valence-electron chi connectivity index (χ4n) is 2.14. The van der Waals surface area contributed by atoms with Crippen molar-refractivity contribution in [2.45, 2.75) is 25.3 Å². The highest BCUT2D eigenvalue weighted by Crippen LogP contribution is 2.38. The van der Waals surface area contributed by atoms with Gasteiger partial charge in [0, 0.05) is 12.2 Å². The molecular weight excluding hydrogens is 242 g/mol. The number of urea groups is 1. The molecule has 1 saturated carbocycles. The summed E-state index contributed by atoms with van der Waals surface area (Å²) >= 11 is 0. The lowest BCUT2D eigenvalue weighted by molar-refractivity contribution is 0.234. The van der Waals surface area contributed by atoms with Crippen LogP contribution < -0.4 is 21.1 Å². The molecule has 1 aliphatic carbocycles. The molecule has 0 spiro atoms. The first-order valence-corrected chi connectivity index (χ1v) is 6.50. The molecule has 2 amide bonds. The minimum Gasteiger partial charge on any atom is -0.497 e. The highest BCUT2D eigenvalue weighted by Gasteiger charge is 2.41. The van der Waals surface area contributed by atoms with Crippen LogP contribution >= 0.6 is 0 Å². The van der Waals surface area contributed by atoms with E-state index in [2.05, 4.69) is 10.6 Å². The number of ether oxygens (including phenoxy) is 1. The van der Waals surface area contributed by atoms with Crippen LogP contribution in [-0.4, -0.2) is 25.2 Å². The number of carbonyl (C=O) groups is 1. The highest BCUT2D eigenvalue weighted by atomic mass is 16.5. The number of rotatable bonds is 5. The molecule has 0 radical (unpaired) electrons. The van der Waals surface area contributed by atoms with Gasteiger partial charge >= 0.3 is 6.03 Å². The molecule has 1 unspecified atom stereocenters. The van der Waals surface area contributed by atoms with Crippen molar-refractivity contribution >= 4 is 11.7 Å². The summed E-state index contributed by atoms with van der Waals surface area (Å²) in [7, 11) is 1.61. The Morgan fingerprint density at radius 1 is 1.42 bits per heavy atom. The molecule has 0 saturated heterocycles. The maximum absolute atomic E-state index is 12.0. The third-order valence-corrected chi connectivity index (χ3v) is 3.65. The average molecular weight is 263 g/mol. The second-order valence-electron chi connectivity index (χ2n) is 5.20. The summed E-state index contributed by atoms with van der Waals surface area (Å²) in [5.41, 5.74) is 6.19. The summed E-state index contributed by atoms with van der Waals surface area (Å²) in [5.74, 6) is 1.26. The standard InChI is InChI=1S/C14H21N3O2/c1-14(9-15,10-3-4-10)17-13(18)16-11-5-7-12(19-2)8-6-11/h5-8,10H,3-4,9,15H2,1-2H3,(H2,16,17,18). The van der Waals surface area contributed by atoms with Gasteiger partial charge in [-0.3, -0.25) is 0 Å². The summed E-state index contributed by atoms with van der Waals surface area (Å²) in [6, 6.07) is 6.99. The number of benzene rings is 1. The fraction of sp³-hybridized carbons (Fsp3) is 0.500. The van der Waals surface area contributed by atoms with Crippen molar-refractivity contribution in [2.75, 3.05) is 19.0 Å². The Morgan fingerprint density at radius 3 is 2.53 bits per heavy atom. The first-order chi connectivity index (χ1) is 9.07. The van der Waals surface area contributed by atoms with Crippen LogP contribution in [0.15, 0.2) is 24.3 Å². The number of carbonyl (C=O) groups excluding carboxylic acids is 1. The fourth-order valence-corrected chi connectivity index (χ4v) is 2.14. The van der Waals surface area contributed by atoms with Gasteiger partial charge in [0.15, 0.2) is 0 Å². The van der Waals surface area contributed by atoms with Gasteiger partial charge in [0.1, 0.15) is 5.75 Å². The van der Waals surface area contributed by atoms with E-state index in [1.807, 2.05) is 6.92 Å². The minimum atomic E-state index is -0.309. The number of anilines is 1. The SMILES string of the molecule is COc1ccc(NC(=O)NC(C)(CN)C2CC2)cc1. The second kappa shape index (κ2) is 5.48. The first kappa shape index (κ1) is 13.7. The third-order valence-electron chi connectivity index (χ3n) is 3.65. The summed E-state index contributed by atoms with van der Waals surface area (Å²) in [5, 5.41) is 5.78. The molecule has 0 aromatic heterocycles. The number of nitrogens with two attached hydrogens (primary N) is 1. The number of hydrogen-bond acceptors (Lipinski definition) is 3. The van der Waals surface area contributed by atoms with Crippen LogP contribution in [0.4, 0.5) is 10.5 Å². The van der Waals surface area contributed by atoms with Crippen LogP contribution in [0.1, 0.15) is 19.8 Å². The molecule has 104 valence electrons. The predicted octanol–water partition coefficient (Wildman–Crippen LogP) is 1.94.